The van der Waals surface area contributed by atoms with Crippen molar-refractivity contribution in [3.8, 4) is 11.5 Å². The fraction of sp³-hybridized carbons (Fsp3) is 0.308. The van der Waals surface area contributed by atoms with Crippen LogP contribution in [0.25, 0.3) is 0 Å². The predicted octanol–water partition coefficient (Wildman–Crippen LogP) is 2.91. The Morgan fingerprint density at radius 1 is 1.35 bits per heavy atom. The number of rotatable bonds is 4. The van der Waals surface area contributed by atoms with Crippen LogP contribution >= 0.6 is 0 Å². The number of hydrogen-bond acceptors (Lipinski definition) is 3. The van der Waals surface area contributed by atoms with Crippen molar-refractivity contribution >= 4 is 5.69 Å². The smallest absolute Gasteiger partial charge is 0.165 e. The zero-order valence-electron chi connectivity index (χ0n) is 10.1. The largest absolute Gasteiger partial charge is 0.452 e. The molecule has 90 valence electrons. The Morgan fingerprint density at radius 3 is 2.82 bits per heavy atom. The highest BCUT2D eigenvalue weighted by molar-refractivity contribution is 5.53. The summed E-state index contributed by atoms with van der Waals surface area (Å²) in [7, 11) is 0. The average Bonchev–Trinajstić information content (AvgIpc) is 2.68. The van der Waals surface area contributed by atoms with Gasteiger partial charge in [0, 0.05) is 6.54 Å². The highest BCUT2D eigenvalue weighted by Crippen LogP contribution is 2.26. The summed E-state index contributed by atoms with van der Waals surface area (Å²) in [4.78, 5) is 0. The van der Waals surface area contributed by atoms with Crippen LogP contribution in [0.15, 0.2) is 36.7 Å². The van der Waals surface area contributed by atoms with Gasteiger partial charge in [-0.05, 0) is 18.1 Å². The molecule has 0 saturated heterocycles. The van der Waals surface area contributed by atoms with Crippen LogP contribution in [0.1, 0.15) is 13.8 Å². The number of nitrogen functional groups attached to an aromatic ring is 1. The maximum absolute atomic E-state index is 5.80. The monoisotopic (exact) mass is 231 g/mol. The number of ether oxygens (including phenoxy) is 1. The summed E-state index contributed by atoms with van der Waals surface area (Å²) in [5, 5.41) is 4.23. The fourth-order valence-electron chi connectivity index (χ4n) is 1.57. The van der Waals surface area contributed by atoms with Crippen LogP contribution in [-0.4, -0.2) is 9.78 Å². The van der Waals surface area contributed by atoms with E-state index in [1.165, 1.54) is 0 Å². The molecule has 0 spiro atoms. The number of para-hydroxylation sites is 2. The van der Waals surface area contributed by atoms with Gasteiger partial charge in [0.05, 0.1) is 18.1 Å². The van der Waals surface area contributed by atoms with E-state index in [0.29, 0.717) is 23.1 Å². The molecule has 4 nitrogen and oxygen atoms in total. The molecule has 0 unspecified atom stereocenters. The van der Waals surface area contributed by atoms with Gasteiger partial charge in [0.2, 0.25) is 0 Å². The number of anilines is 1. The van der Waals surface area contributed by atoms with E-state index in [0.717, 1.165) is 6.54 Å². The molecule has 2 rings (SSSR count). The van der Waals surface area contributed by atoms with Gasteiger partial charge in [0.15, 0.2) is 5.75 Å². The number of hydrogen-bond donors (Lipinski definition) is 1. The molecule has 2 aromatic rings. The van der Waals surface area contributed by atoms with Crippen molar-refractivity contribution in [1.82, 2.24) is 9.78 Å². The molecule has 2 N–H and O–H groups in total. The molecule has 0 fully saturated rings. The van der Waals surface area contributed by atoms with Crippen LogP contribution < -0.4 is 10.5 Å². The number of nitrogens with zero attached hydrogens (tertiary/aromatic N) is 2. The van der Waals surface area contributed by atoms with Gasteiger partial charge in [0.1, 0.15) is 5.75 Å². The molecule has 4 heteroatoms. The van der Waals surface area contributed by atoms with Gasteiger partial charge in [-0.15, -0.1) is 0 Å². The van der Waals surface area contributed by atoms with Gasteiger partial charge in [-0.3, -0.25) is 4.68 Å². The maximum Gasteiger partial charge on any atom is 0.165 e. The zero-order chi connectivity index (χ0) is 12.3. The number of benzene rings is 1. The van der Waals surface area contributed by atoms with Gasteiger partial charge in [0.25, 0.3) is 0 Å². The molecule has 1 heterocycles. The summed E-state index contributed by atoms with van der Waals surface area (Å²) in [6.07, 6.45) is 3.58. The van der Waals surface area contributed by atoms with Gasteiger partial charge >= 0.3 is 0 Å². The Balaban J connectivity index is 2.09. The Hall–Kier alpha value is -1.97. The van der Waals surface area contributed by atoms with E-state index in [-0.39, 0.29) is 0 Å². The second-order valence-electron chi connectivity index (χ2n) is 4.43. The first-order valence-corrected chi connectivity index (χ1v) is 5.70. The van der Waals surface area contributed by atoms with Crippen LogP contribution in [0, 0.1) is 5.92 Å². The normalized spacial score (nSPS) is 10.8. The Bertz CT molecular complexity index is 491. The van der Waals surface area contributed by atoms with Gasteiger partial charge in [-0.1, -0.05) is 26.0 Å². The molecular formula is C13H17N3O. The molecule has 0 radical (unpaired) electrons. The van der Waals surface area contributed by atoms with Gasteiger partial charge in [-0.2, -0.15) is 5.10 Å². The number of aromatic nitrogens is 2. The second kappa shape index (κ2) is 4.91. The zero-order valence-corrected chi connectivity index (χ0v) is 10.1. The van der Waals surface area contributed by atoms with E-state index in [1.807, 2.05) is 35.1 Å². The lowest BCUT2D eigenvalue weighted by molar-refractivity contribution is 0.469. The minimum Gasteiger partial charge on any atom is -0.452 e. The van der Waals surface area contributed by atoms with E-state index in [1.54, 1.807) is 6.20 Å². The minimum absolute atomic E-state index is 0.560. The van der Waals surface area contributed by atoms with Gasteiger partial charge < -0.3 is 10.5 Å². The fourth-order valence-corrected chi connectivity index (χ4v) is 1.57. The van der Waals surface area contributed by atoms with Crippen LogP contribution in [-0.2, 0) is 6.54 Å². The third-order valence-electron chi connectivity index (χ3n) is 2.31. The van der Waals surface area contributed by atoms with Crippen molar-refractivity contribution in [2.24, 2.45) is 5.92 Å². The lowest BCUT2D eigenvalue weighted by Gasteiger charge is -2.05. The van der Waals surface area contributed by atoms with Crippen molar-refractivity contribution in [3.05, 3.63) is 36.7 Å². The Morgan fingerprint density at radius 2 is 2.12 bits per heavy atom. The summed E-state index contributed by atoms with van der Waals surface area (Å²) >= 11 is 0. The quantitative estimate of drug-likeness (QED) is 0.823. The summed E-state index contributed by atoms with van der Waals surface area (Å²) in [6, 6.07) is 7.43. The van der Waals surface area contributed by atoms with Crippen LogP contribution in [0.5, 0.6) is 11.5 Å². The third kappa shape index (κ3) is 3.00. The summed E-state index contributed by atoms with van der Waals surface area (Å²) in [5.41, 5.74) is 6.43. The van der Waals surface area contributed by atoms with Crippen molar-refractivity contribution in [1.29, 1.82) is 0 Å². The SMILES string of the molecule is CC(C)Cn1cc(Oc2ccccc2N)cn1. The number of nitrogens with two attached hydrogens (primary N) is 1. The predicted molar refractivity (Wildman–Crippen MR) is 68.0 cm³/mol. The first-order valence-electron chi connectivity index (χ1n) is 5.70. The first-order chi connectivity index (χ1) is 8.15. The maximum atomic E-state index is 5.80. The molecule has 1 aromatic heterocycles. The molecule has 0 aliphatic heterocycles. The standard InChI is InChI=1S/C13H17N3O/c1-10(2)8-16-9-11(7-15-16)17-13-6-4-3-5-12(13)14/h3-7,9-10H,8,14H2,1-2H3. The van der Waals surface area contributed by atoms with E-state index in [9.17, 15) is 0 Å². The molecule has 0 aliphatic rings. The van der Waals surface area contributed by atoms with Crippen LogP contribution in [0.4, 0.5) is 5.69 Å². The van der Waals surface area contributed by atoms with Crippen molar-refractivity contribution < 1.29 is 4.74 Å². The molecule has 0 saturated carbocycles. The minimum atomic E-state index is 0.560. The Kier molecular flexibility index (Phi) is 3.32. The van der Waals surface area contributed by atoms with Crippen LogP contribution in [0.3, 0.4) is 0 Å². The first kappa shape index (κ1) is 11.5. The summed E-state index contributed by atoms with van der Waals surface area (Å²) in [5.74, 6) is 1.93. The topological polar surface area (TPSA) is 53.1 Å². The molecular weight excluding hydrogens is 214 g/mol. The molecule has 0 aliphatic carbocycles. The van der Waals surface area contributed by atoms with Gasteiger partial charge in [-0.25, -0.2) is 0 Å². The molecule has 17 heavy (non-hydrogen) atoms. The highest BCUT2D eigenvalue weighted by atomic mass is 16.5. The van der Waals surface area contributed by atoms with Crippen molar-refractivity contribution in [2.45, 2.75) is 20.4 Å². The summed E-state index contributed by atoms with van der Waals surface area (Å²) in [6.45, 7) is 5.18. The van der Waals surface area contributed by atoms with E-state index in [2.05, 4.69) is 18.9 Å². The molecule has 1 aromatic carbocycles. The molecule has 0 atom stereocenters. The molecule has 0 amide bonds. The average molecular weight is 231 g/mol. The van der Waals surface area contributed by atoms with Crippen molar-refractivity contribution in [2.75, 3.05) is 5.73 Å². The van der Waals surface area contributed by atoms with E-state index in [4.69, 9.17) is 10.5 Å². The lowest BCUT2D eigenvalue weighted by Crippen LogP contribution is -2.03. The van der Waals surface area contributed by atoms with E-state index < -0.39 is 0 Å². The second-order valence-corrected chi connectivity index (χ2v) is 4.43. The van der Waals surface area contributed by atoms with Crippen molar-refractivity contribution in [3.63, 3.8) is 0 Å². The Labute approximate surface area is 101 Å². The lowest BCUT2D eigenvalue weighted by atomic mass is 10.2. The molecule has 0 bridgehead atoms. The van der Waals surface area contributed by atoms with E-state index >= 15 is 0 Å². The third-order valence-corrected chi connectivity index (χ3v) is 2.31. The van der Waals surface area contributed by atoms with Crippen LogP contribution in [0.2, 0.25) is 0 Å². The summed E-state index contributed by atoms with van der Waals surface area (Å²) < 4.78 is 7.54. The highest BCUT2D eigenvalue weighted by Gasteiger charge is 2.04.